The molecule has 0 aromatic heterocycles. The molecule has 1 atom stereocenters. The van der Waals surface area contributed by atoms with E-state index in [9.17, 15) is 17.6 Å². The summed E-state index contributed by atoms with van der Waals surface area (Å²) in [6.45, 7) is 4.41. The van der Waals surface area contributed by atoms with Crippen LogP contribution in [-0.4, -0.2) is 0 Å². The van der Waals surface area contributed by atoms with E-state index in [1.54, 1.807) is 0 Å². The highest BCUT2D eigenvalue weighted by molar-refractivity contribution is 5.30. The first-order valence-electron chi connectivity index (χ1n) is 6.74. The van der Waals surface area contributed by atoms with Gasteiger partial charge >= 0.3 is 6.18 Å². The zero-order valence-electron chi connectivity index (χ0n) is 11.9. The fraction of sp³-hybridized carbons (Fsp3) is 0.375. The Hall–Kier alpha value is -1.78. The van der Waals surface area contributed by atoms with Gasteiger partial charge in [-0.3, -0.25) is 0 Å². The van der Waals surface area contributed by atoms with Crippen LogP contribution in [0.4, 0.5) is 17.6 Å². The van der Waals surface area contributed by atoms with E-state index in [0.717, 1.165) is 24.3 Å². The Morgan fingerprint density at radius 3 is 2.57 bits per heavy atom. The third-order valence-corrected chi connectivity index (χ3v) is 3.35. The second kappa shape index (κ2) is 5.92. The standard InChI is InChI=1S/C16H17F4N/c1-10-5-11(2)7-13(6-10)21-9-12-3-4-14(15(17)8-12)16(18,19)20/h3-4,6-8,10,21H,5,9H2,1-2H3. The topological polar surface area (TPSA) is 12.0 Å². The maximum absolute atomic E-state index is 13.5. The van der Waals surface area contributed by atoms with Gasteiger partial charge in [-0.25, -0.2) is 4.39 Å². The van der Waals surface area contributed by atoms with Crippen LogP contribution in [-0.2, 0) is 12.7 Å². The maximum atomic E-state index is 13.5. The van der Waals surface area contributed by atoms with Crippen molar-refractivity contribution in [3.63, 3.8) is 0 Å². The van der Waals surface area contributed by atoms with E-state index in [1.165, 1.54) is 11.6 Å². The lowest BCUT2D eigenvalue weighted by molar-refractivity contribution is -0.140. The highest BCUT2D eigenvalue weighted by Crippen LogP contribution is 2.31. The predicted molar refractivity (Wildman–Crippen MR) is 73.9 cm³/mol. The lowest BCUT2D eigenvalue weighted by Crippen LogP contribution is -2.16. The summed E-state index contributed by atoms with van der Waals surface area (Å²) in [5, 5.41) is 3.12. The monoisotopic (exact) mass is 299 g/mol. The van der Waals surface area contributed by atoms with Crippen molar-refractivity contribution in [1.29, 1.82) is 0 Å². The average Bonchev–Trinajstić information content (AvgIpc) is 2.33. The minimum atomic E-state index is -4.66. The summed E-state index contributed by atoms with van der Waals surface area (Å²) in [5.41, 5.74) is 1.41. The summed E-state index contributed by atoms with van der Waals surface area (Å²) in [4.78, 5) is 0. The molecule has 1 unspecified atom stereocenters. The third-order valence-electron chi connectivity index (χ3n) is 3.35. The van der Waals surface area contributed by atoms with E-state index >= 15 is 0 Å². The number of hydrogen-bond donors (Lipinski definition) is 1. The summed E-state index contributed by atoms with van der Waals surface area (Å²) < 4.78 is 50.9. The molecule has 0 spiro atoms. The van der Waals surface area contributed by atoms with Crippen LogP contribution in [0, 0.1) is 11.7 Å². The normalized spacial score (nSPS) is 19.0. The molecule has 0 saturated carbocycles. The molecule has 0 amide bonds. The highest BCUT2D eigenvalue weighted by atomic mass is 19.4. The van der Waals surface area contributed by atoms with Crippen LogP contribution >= 0.6 is 0 Å². The molecule has 0 aliphatic heterocycles. The number of halogens is 4. The van der Waals surface area contributed by atoms with Crippen LogP contribution in [0.2, 0.25) is 0 Å². The van der Waals surface area contributed by atoms with Gasteiger partial charge in [-0.2, -0.15) is 13.2 Å². The number of hydrogen-bond acceptors (Lipinski definition) is 1. The predicted octanol–water partition coefficient (Wildman–Crippen LogP) is 4.80. The van der Waals surface area contributed by atoms with Gasteiger partial charge in [0.25, 0.3) is 0 Å². The van der Waals surface area contributed by atoms with Crippen molar-refractivity contribution in [1.82, 2.24) is 5.32 Å². The number of allylic oxidation sites excluding steroid dienone is 3. The molecule has 0 fully saturated rings. The largest absolute Gasteiger partial charge is 0.419 e. The van der Waals surface area contributed by atoms with Crippen LogP contribution in [0.25, 0.3) is 0 Å². The number of alkyl halides is 3. The van der Waals surface area contributed by atoms with E-state index in [2.05, 4.69) is 18.3 Å². The van der Waals surface area contributed by atoms with Gasteiger partial charge in [0.15, 0.2) is 0 Å². The molecule has 1 aromatic rings. The summed E-state index contributed by atoms with van der Waals surface area (Å²) in [6, 6.07) is 3.01. The van der Waals surface area contributed by atoms with Gasteiger partial charge in [0.1, 0.15) is 5.82 Å². The quantitative estimate of drug-likeness (QED) is 0.790. The van der Waals surface area contributed by atoms with E-state index in [1.807, 2.05) is 13.0 Å². The Balaban J connectivity index is 2.06. The molecule has 21 heavy (non-hydrogen) atoms. The fourth-order valence-corrected chi connectivity index (χ4v) is 2.46. The molecule has 0 heterocycles. The molecule has 1 nitrogen and oxygen atoms in total. The molecule has 2 rings (SSSR count). The van der Waals surface area contributed by atoms with Gasteiger partial charge in [-0.05, 0) is 43.0 Å². The van der Waals surface area contributed by atoms with Gasteiger partial charge in [-0.15, -0.1) is 0 Å². The van der Waals surface area contributed by atoms with Crippen molar-refractivity contribution >= 4 is 0 Å². The van der Waals surface area contributed by atoms with Crippen molar-refractivity contribution in [2.75, 3.05) is 0 Å². The van der Waals surface area contributed by atoms with Gasteiger partial charge < -0.3 is 5.32 Å². The van der Waals surface area contributed by atoms with Crippen molar-refractivity contribution in [3.8, 4) is 0 Å². The second-order valence-electron chi connectivity index (χ2n) is 5.46. The Labute approximate surface area is 121 Å². The van der Waals surface area contributed by atoms with Gasteiger partial charge in [0, 0.05) is 12.2 Å². The van der Waals surface area contributed by atoms with Crippen LogP contribution in [0.3, 0.4) is 0 Å². The molecule has 0 bridgehead atoms. The summed E-state index contributed by atoms with van der Waals surface area (Å²) in [6.07, 6.45) is 0.408. The Morgan fingerprint density at radius 2 is 2.00 bits per heavy atom. The lowest BCUT2D eigenvalue weighted by Gasteiger charge is -2.18. The highest BCUT2D eigenvalue weighted by Gasteiger charge is 2.33. The van der Waals surface area contributed by atoms with Crippen LogP contribution in [0.15, 0.2) is 41.6 Å². The van der Waals surface area contributed by atoms with E-state index < -0.39 is 17.6 Å². The number of rotatable bonds is 3. The van der Waals surface area contributed by atoms with E-state index in [0.29, 0.717) is 11.5 Å². The average molecular weight is 299 g/mol. The minimum absolute atomic E-state index is 0.289. The smallest absolute Gasteiger partial charge is 0.381 e. The van der Waals surface area contributed by atoms with Crippen LogP contribution in [0.5, 0.6) is 0 Å². The van der Waals surface area contributed by atoms with E-state index in [4.69, 9.17) is 0 Å². The lowest BCUT2D eigenvalue weighted by atomic mass is 9.95. The summed E-state index contributed by atoms with van der Waals surface area (Å²) in [7, 11) is 0. The zero-order valence-corrected chi connectivity index (χ0v) is 11.9. The molecule has 0 radical (unpaired) electrons. The van der Waals surface area contributed by atoms with E-state index in [-0.39, 0.29) is 6.54 Å². The Kier molecular flexibility index (Phi) is 4.40. The second-order valence-corrected chi connectivity index (χ2v) is 5.46. The van der Waals surface area contributed by atoms with Crippen LogP contribution < -0.4 is 5.32 Å². The number of nitrogens with one attached hydrogen (secondary N) is 1. The van der Waals surface area contributed by atoms with Gasteiger partial charge in [0.2, 0.25) is 0 Å². The number of benzene rings is 1. The molecule has 0 saturated heterocycles. The first-order valence-corrected chi connectivity index (χ1v) is 6.74. The first kappa shape index (κ1) is 15.6. The van der Waals surface area contributed by atoms with Crippen molar-refractivity contribution < 1.29 is 17.6 Å². The molecule has 5 heteroatoms. The molecule has 1 aliphatic rings. The minimum Gasteiger partial charge on any atom is -0.381 e. The van der Waals surface area contributed by atoms with Crippen LogP contribution in [0.1, 0.15) is 31.4 Å². The maximum Gasteiger partial charge on any atom is 0.419 e. The molecule has 114 valence electrons. The first-order chi connectivity index (χ1) is 9.75. The third kappa shape index (κ3) is 4.09. The Bertz CT molecular complexity index is 584. The van der Waals surface area contributed by atoms with Crippen molar-refractivity contribution in [3.05, 3.63) is 58.6 Å². The van der Waals surface area contributed by atoms with Crippen molar-refractivity contribution in [2.45, 2.75) is 33.0 Å². The Morgan fingerprint density at radius 1 is 1.29 bits per heavy atom. The molecule has 1 aromatic carbocycles. The molecule has 1 N–H and O–H groups in total. The summed E-state index contributed by atoms with van der Waals surface area (Å²) in [5.74, 6) is -0.818. The molecular weight excluding hydrogens is 282 g/mol. The van der Waals surface area contributed by atoms with Gasteiger partial charge in [-0.1, -0.05) is 24.6 Å². The zero-order chi connectivity index (χ0) is 15.6. The molecule has 1 aliphatic carbocycles. The fourth-order valence-electron chi connectivity index (χ4n) is 2.46. The van der Waals surface area contributed by atoms with Gasteiger partial charge in [0.05, 0.1) is 5.56 Å². The van der Waals surface area contributed by atoms with Crippen molar-refractivity contribution in [2.24, 2.45) is 5.92 Å². The molecular formula is C16H17F4N. The summed E-state index contributed by atoms with van der Waals surface area (Å²) >= 11 is 0. The SMILES string of the molecule is CC1=CC(NCc2ccc(C(F)(F)F)c(F)c2)=CC(C)C1.